The first-order chi connectivity index (χ1) is 16.3. The lowest BCUT2D eigenvalue weighted by Crippen LogP contribution is -2.47. The monoisotopic (exact) mass is 441 g/mol. The van der Waals surface area contributed by atoms with Crippen molar-refractivity contribution in [3.8, 4) is 0 Å². The first kappa shape index (κ1) is 21.6. The minimum atomic E-state index is 0.197. The number of hydrogen-bond acceptors (Lipinski definition) is 5. The molecule has 5 rings (SSSR count). The van der Waals surface area contributed by atoms with Gasteiger partial charge in [0, 0.05) is 45.0 Å². The average molecular weight is 442 g/mol. The first-order valence-corrected chi connectivity index (χ1v) is 12.0. The number of rotatable bonds is 6. The molecule has 0 unspecified atom stereocenters. The molecule has 0 radical (unpaired) electrons. The molecule has 1 amide bonds. The Kier molecular flexibility index (Phi) is 6.63. The molecule has 1 saturated heterocycles. The lowest BCUT2D eigenvalue weighted by molar-refractivity contribution is -0.118. The number of carbonyl (C=O) groups excluding carboxylic acids is 1. The van der Waals surface area contributed by atoms with Crippen molar-refractivity contribution >= 4 is 23.2 Å². The van der Waals surface area contributed by atoms with Crippen LogP contribution in [0.15, 0.2) is 67.0 Å². The zero-order valence-electron chi connectivity index (χ0n) is 19.1. The maximum atomic E-state index is 13.4. The molecule has 6 heteroatoms. The van der Waals surface area contributed by atoms with Gasteiger partial charge >= 0.3 is 0 Å². The number of aryl methyl sites for hydroxylation is 2. The summed E-state index contributed by atoms with van der Waals surface area (Å²) in [6.45, 7) is 4.96. The predicted octanol–water partition coefficient (Wildman–Crippen LogP) is 4.23. The van der Waals surface area contributed by atoms with E-state index in [1.54, 1.807) is 12.4 Å². The molecule has 3 aromatic rings. The quantitative estimate of drug-likeness (QED) is 0.536. The molecule has 2 aliphatic rings. The van der Waals surface area contributed by atoms with Gasteiger partial charge < -0.3 is 4.90 Å². The van der Waals surface area contributed by atoms with E-state index in [4.69, 9.17) is 0 Å². The molecule has 3 heterocycles. The fraction of sp³-hybridized carbons (Fsp3) is 0.370. The number of aromatic nitrogens is 2. The SMILES string of the molecule is O=C(CCCCN1CCN(c2ncccn2)CC1)N1c2ccccc2CCc2ccccc21. The molecule has 1 fully saturated rings. The van der Waals surface area contributed by atoms with Crippen molar-refractivity contribution in [3.63, 3.8) is 0 Å². The molecule has 0 aliphatic carbocycles. The summed E-state index contributed by atoms with van der Waals surface area (Å²) < 4.78 is 0. The van der Waals surface area contributed by atoms with Gasteiger partial charge in [0.05, 0.1) is 11.4 Å². The maximum absolute atomic E-state index is 13.4. The number of carbonyl (C=O) groups is 1. The summed E-state index contributed by atoms with van der Waals surface area (Å²) in [5, 5.41) is 0. The van der Waals surface area contributed by atoms with Gasteiger partial charge in [0.15, 0.2) is 0 Å². The Labute approximate surface area is 195 Å². The zero-order valence-corrected chi connectivity index (χ0v) is 19.1. The Morgan fingerprint density at radius 2 is 1.36 bits per heavy atom. The van der Waals surface area contributed by atoms with Gasteiger partial charge in [-0.2, -0.15) is 0 Å². The van der Waals surface area contributed by atoms with Gasteiger partial charge in [-0.25, -0.2) is 9.97 Å². The van der Waals surface area contributed by atoms with Gasteiger partial charge in [-0.15, -0.1) is 0 Å². The number of nitrogens with zero attached hydrogens (tertiary/aromatic N) is 5. The summed E-state index contributed by atoms with van der Waals surface area (Å²) in [5.74, 6) is 1.02. The van der Waals surface area contributed by atoms with Crippen LogP contribution in [0, 0.1) is 0 Å². The Morgan fingerprint density at radius 1 is 0.758 bits per heavy atom. The zero-order chi connectivity index (χ0) is 22.5. The van der Waals surface area contributed by atoms with E-state index in [-0.39, 0.29) is 5.91 Å². The summed E-state index contributed by atoms with van der Waals surface area (Å²) in [6.07, 6.45) is 8.04. The van der Waals surface area contributed by atoms with Gasteiger partial charge in [0.1, 0.15) is 0 Å². The van der Waals surface area contributed by atoms with Crippen LogP contribution in [-0.4, -0.2) is 53.5 Å². The van der Waals surface area contributed by atoms with E-state index in [1.807, 2.05) is 23.1 Å². The van der Waals surface area contributed by atoms with Crippen molar-refractivity contribution in [2.45, 2.75) is 32.1 Å². The number of fused-ring (bicyclic) bond motifs is 2. The van der Waals surface area contributed by atoms with Gasteiger partial charge in [0.25, 0.3) is 0 Å². The summed E-state index contributed by atoms with van der Waals surface area (Å²) in [7, 11) is 0. The number of anilines is 3. The van der Waals surface area contributed by atoms with Crippen LogP contribution in [0.1, 0.15) is 30.4 Å². The second-order valence-corrected chi connectivity index (χ2v) is 8.82. The highest BCUT2D eigenvalue weighted by atomic mass is 16.2. The molecular weight excluding hydrogens is 410 g/mol. The first-order valence-electron chi connectivity index (χ1n) is 12.0. The molecule has 0 saturated carbocycles. The van der Waals surface area contributed by atoms with E-state index in [1.165, 1.54) is 11.1 Å². The van der Waals surface area contributed by atoms with Crippen molar-refractivity contribution in [2.75, 3.05) is 42.5 Å². The van der Waals surface area contributed by atoms with E-state index < -0.39 is 0 Å². The molecule has 33 heavy (non-hydrogen) atoms. The summed E-state index contributed by atoms with van der Waals surface area (Å²) in [5.41, 5.74) is 4.60. The molecule has 2 aromatic carbocycles. The number of amides is 1. The van der Waals surface area contributed by atoms with Crippen LogP contribution in [-0.2, 0) is 17.6 Å². The Balaban J connectivity index is 1.15. The third-order valence-electron chi connectivity index (χ3n) is 6.70. The van der Waals surface area contributed by atoms with Crippen LogP contribution in [0.2, 0.25) is 0 Å². The van der Waals surface area contributed by atoms with Crippen LogP contribution < -0.4 is 9.80 Å². The molecule has 6 nitrogen and oxygen atoms in total. The number of hydrogen-bond donors (Lipinski definition) is 0. The molecule has 1 aromatic heterocycles. The number of unbranched alkanes of at least 4 members (excludes halogenated alkanes) is 1. The third-order valence-corrected chi connectivity index (χ3v) is 6.70. The van der Waals surface area contributed by atoms with Crippen molar-refractivity contribution in [2.24, 2.45) is 0 Å². The van der Waals surface area contributed by atoms with Gasteiger partial charge in [-0.05, 0) is 61.6 Å². The number of benzene rings is 2. The lowest BCUT2D eigenvalue weighted by Gasteiger charge is -2.34. The minimum Gasteiger partial charge on any atom is -0.338 e. The van der Waals surface area contributed by atoms with Crippen LogP contribution in [0.5, 0.6) is 0 Å². The smallest absolute Gasteiger partial charge is 0.231 e. The molecule has 0 atom stereocenters. The highest BCUT2D eigenvalue weighted by Gasteiger charge is 2.25. The van der Waals surface area contributed by atoms with Crippen LogP contribution in [0.25, 0.3) is 0 Å². The normalized spacial score (nSPS) is 16.1. The fourth-order valence-electron chi connectivity index (χ4n) is 4.90. The average Bonchev–Trinajstić information content (AvgIpc) is 3.04. The summed E-state index contributed by atoms with van der Waals surface area (Å²) >= 11 is 0. The predicted molar refractivity (Wildman–Crippen MR) is 132 cm³/mol. The highest BCUT2D eigenvalue weighted by molar-refractivity contribution is 6.02. The van der Waals surface area contributed by atoms with Crippen LogP contribution in [0.3, 0.4) is 0 Å². The Bertz CT molecular complexity index is 1030. The molecule has 170 valence electrons. The third kappa shape index (κ3) is 4.91. The van der Waals surface area contributed by atoms with E-state index in [9.17, 15) is 4.79 Å². The van der Waals surface area contributed by atoms with Crippen molar-refractivity contribution < 1.29 is 4.79 Å². The second kappa shape index (κ2) is 10.1. The summed E-state index contributed by atoms with van der Waals surface area (Å²) in [4.78, 5) is 28.8. The van der Waals surface area contributed by atoms with Crippen molar-refractivity contribution in [1.29, 1.82) is 0 Å². The number of para-hydroxylation sites is 2. The Morgan fingerprint density at radius 3 is 2.00 bits per heavy atom. The minimum absolute atomic E-state index is 0.197. The molecular formula is C27H31N5O. The largest absolute Gasteiger partial charge is 0.338 e. The topological polar surface area (TPSA) is 52.6 Å². The number of piperazine rings is 1. The maximum Gasteiger partial charge on any atom is 0.231 e. The van der Waals surface area contributed by atoms with E-state index in [0.29, 0.717) is 6.42 Å². The molecule has 2 aliphatic heterocycles. The fourth-order valence-corrected chi connectivity index (χ4v) is 4.90. The van der Waals surface area contributed by atoms with Crippen LogP contribution >= 0.6 is 0 Å². The lowest BCUT2D eigenvalue weighted by atomic mass is 10.0. The molecule has 0 spiro atoms. The van der Waals surface area contributed by atoms with E-state index >= 15 is 0 Å². The van der Waals surface area contributed by atoms with Crippen molar-refractivity contribution in [1.82, 2.24) is 14.9 Å². The summed E-state index contributed by atoms with van der Waals surface area (Å²) in [6, 6.07) is 18.5. The van der Waals surface area contributed by atoms with Gasteiger partial charge in [-0.3, -0.25) is 14.6 Å². The molecule has 0 bridgehead atoms. The van der Waals surface area contributed by atoms with Crippen LogP contribution in [0.4, 0.5) is 17.3 Å². The Hall–Kier alpha value is -3.25. The van der Waals surface area contributed by atoms with Crippen molar-refractivity contribution in [3.05, 3.63) is 78.1 Å². The highest BCUT2D eigenvalue weighted by Crippen LogP contribution is 2.36. The second-order valence-electron chi connectivity index (χ2n) is 8.82. The van der Waals surface area contributed by atoms with E-state index in [2.05, 4.69) is 56.2 Å². The molecule has 0 N–H and O–H groups in total. The van der Waals surface area contributed by atoms with E-state index in [0.717, 1.165) is 75.7 Å². The van der Waals surface area contributed by atoms with Gasteiger partial charge in [-0.1, -0.05) is 36.4 Å². The standard InChI is InChI=1S/C27H31N5O/c33-26(12-5-6-17-30-18-20-31(21-19-30)27-28-15-7-16-29-27)32-24-10-3-1-8-22(24)13-14-23-9-2-4-11-25(23)32/h1-4,7-11,15-16H,5-6,12-14,17-21H2. The van der Waals surface area contributed by atoms with Gasteiger partial charge in [0.2, 0.25) is 11.9 Å².